The lowest BCUT2D eigenvalue weighted by atomic mass is 10.2. The van der Waals surface area contributed by atoms with Crippen LogP contribution in [-0.2, 0) is 9.53 Å². The Morgan fingerprint density at radius 3 is 2.39 bits per heavy atom. The molecule has 1 aromatic carbocycles. The quantitative estimate of drug-likeness (QED) is 0.380. The van der Waals surface area contributed by atoms with Crippen LogP contribution in [0.4, 0.5) is 0 Å². The number of hydrogen-bond acceptors (Lipinski definition) is 4. The van der Waals surface area contributed by atoms with E-state index in [0.29, 0.717) is 11.6 Å². The number of halogens is 2. The summed E-state index contributed by atoms with van der Waals surface area (Å²) in [6.45, 7) is 1.65. The molecule has 94 valence electrons. The third-order valence-corrected chi connectivity index (χ3v) is 3.86. The minimum Gasteiger partial charge on any atom is -0.495 e. The molecule has 0 bridgehead atoms. The molecule has 1 aliphatic rings. The van der Waals surface area contributed by atoms with E-state index >= 15 is 0 Å². The molecule has 0 amide bonds. The minimum absolute atomic E-state index is 0.323. The number of rotatable bonds is 2. The molecule has 0 aliphatic carbocycles. The summed E-state index contributed by atoms with van der Waals surface area (Å²) in [5.41, 5.74) is 1.22. The number of carbonyl (C=O) groups excluding carboxylic acids is 1. The van der Waals surface area contributed by atoms with E-state index in [4.69, 9.17) is 9.47 Å². The van der Waals surface area contributed by atoms with Gasteiger partial charge in [-0.3, -0.25) is 0 Å². The van der Waals surface area contributed by atoms with Crippen molar-refractivity contribution in [1.29, 1.82) is 0 Å². The van der Waals surface area contributed by atoms with Crippen LogP contribution in [0.15, 0.2) is 22.8 Å². The predicted octanol–water partition coefficient (Wildman–Crippen LogP) is 3.22. The molecule has 0 saturated carbocycles. The molecule has 0 radical (unpaired) electrons. The van der Waals surface area contributed by atoms with Crippen molar-refractivity contribution < 1.29 is 14.3 Å². The molecule has 6 heteroatoms. The van der Waals surface area contributed by atoms with Gasteiger partial charge in [-0.25, -0.2) is 9.79 Å². The number of ether oxygens (including phenoxy) is 2. The fourth-order valence-corrected chi connectivity index (χ4v) is 3.79. The van der Waals surface area contributed by atoms with Crippen LogP contribution < -0.4 is 4.74 Å². The molecule has 4 nitrogen and oxygen atoms in total. The van der Waals surface area contributed by atoms with E-state index in [1.807, 2.05) is 12.1 Å². The molecule has 2 rings (SSSR count). The lowest BCUT2D eigenvalue weighted by molar-refractivity contribution is -0.130. The number of esters is 1. The van der Waals surface area contributed by atoms with Crippen LogP contribution >= 0.6 is 45.2 Å². The lowest BCUT2D eigenvalue weighted by Gasteiger charge is -2.07. The first-order chi connectivity index (χ1) is 8.51. The normalized spacial score (nSPS) is 16.8. The smallest absolute Gasteiger partial charge is 0.363 e. The Morgan fingerprint density at radius 1 is 1.33 bits per heavy atom. The fourth-order valence-electron chi connectivity index (χ4n) is 1.53. The second-order valence-corrected chi connectivity index (χ2v) is 5.89. The number of nitrogens with zero attached hydrogens (tertiary/aromatic N) is 1. The maximum atomic E-state index is 11.4. The largest absolute Gasteiger partial charge is 0.495 e. The second kappa shape index (κ2) is 5.55. The van der Waals surface area contributed by atoms with E-state index in [1.54, 1.807) is 20.1 Å². The molecule has 0 N–H and O–H groups in total. The van der Waals surface area contributed by atoms with Crippen molar-refractivity contribution in [2.24, 2.45) is 4.99 Å². The van der Waals surface area contributed by atoms with Crippen LogP contribution in [0, 0.1) is 7.14 Å². The van der Waals surface area contributed by atoms with Crippen molar-refractivity contribution in [1.82, 2.24) is 0 Å². The highest BCUT2D eigenvalue weighted by atomic mass is 127. The van der Waals surface area contributed by atoms with E-state index in [1.165, 1.54) is 0 Å². The third kappa shape index (κ3) is 2.85. The number of cyclic esters (lactones) is 1. The molecular formula is C12H9I2NO3. The Kier molecular flexibility index (Phi) is 4.25. The van der Waals surface area contributed by atoms with Gasteiger partial charge in [-0.05, 0) is 69.0 Å². The predicted molar refractivity (Wildman–Crippen MR) is 85.6 cm³/mol. The van der Waals surface area contributed by atoms with E-state index in [2.05, 4.69) is 50.2 Å². The van der Waals surface area contributed by atoms with Gasteiger partial charge in [0.2, 0.25) is 0 Å². The van der Waals surface area contributed by atoms with Gasteiger partial charge in [-0.1, -0.05) is 0 Å². The molecule has 0 unspecified atom stereocenters. The summed E-state index contributed by atoms with van der Waals surface area (Å²) in [6.07, 6.45) is 1.71. The van der Waals surface area contributed by atoms with E-state index < -0.39 is 5.97 Å². The number of hydrogen-bond donors (Lipinski definition) is 0. The van der Waals surface area contributed by atoms with Gasteiger partial charge < -0.3 is 9.47 Å². The summed E-state index contributed by atoms with van der Waals surface area (Å²) in [6, 6.07) is 3.87. The molecule has 0 fully saturated rings. The Hall–Kier alpha value is -0.640. The van der Waals surface area contributed by atoms with Crippen LogP contribution in [0.2, 0.25) is 0 Å². The van der Waals surface area contributed by atoms with E-state index in [-0.39, 0.29) is 0 Å². The van der Waals surface area contributed by atoms with Crippen molar-refractivity contribution in [3.63, 3.8) is 0 Å². The van der Waals surface area contributed by atoms with Gasteiger partial charge in [-0.2, -0.15) is 0 Å². The molecule has 0 atom stereocenters. The first kappa shape index (κ1) is 13.8. The number of benzene rings is 1. The highest BCUT2D eigenvalue weighted by Crippen LogP contribution is 2.29. The van der Waals surface area contributed by atoms with Crippen LogP contribution in [0.5, 0.6) is 5.75 Å². The Balaban J connectivity index is 2.42. The fraction of sp³-hybridized carbons (Fsp3) is 0.167. The van der Waals surface area contributed by atoms with Crippen LogP contribution in [-0.4, -0.2) is 19.0 Å². The zero-order valence-corrected chi connectivity index (χ0v) is 14.0. The first-order valence-electron chi connectivity index (χ1n) is 5.03. The highest BCUT2D eigenvalue weighted by molar-refractivity contribution is 14.1. The van der Waals surface area contributed by atoms with Gasteiger partial charge >= 0.3 is 5.97 Å². The highest BCUT2D eigenvalue weighted by Gasteiger charge is 2.19. The minimum atomic E-state index is -0.409. The standard InChI is InChI=1S/C12H9I2NO3/c1-6-15-10(12(16)18-6)5-7-3-8(13)11(17-2)9(14)4-7/h3-5H,1-2H3. The van der Waals surface area contributed by atoms with Crippen molar-refractivity contribution in [3.05, 3.63) is 30.5 Å². The first-order valence-corrected chi connectivity index (χ1v) is 7.19. The maximum absolute atomic E-state index is 11.4. The number of methoxy groups -OCH3 is 1. The van der Waals surface area contributed by atoms with Gasteiger partial charge in [0.1, 0.15) is 5.75 Å². The van der Waals surface area contributed by atoms with Crippen molar-refractivity contribution in [2.45, 2.75) is 6.92 Å². The van der Waals surface area contributed by atoms with Gasteiger partial charge in [0.15, 0.2) is 11.6 Å². The molecule has 0 aromatic heterocycles. The Bertz CT molecular complexity index is 556. The SMILES string of the molecule is COc1c(I)cc(C=C2N=C(C)OC2=O)cc1I. The maximum Gasteiger partial charge on any atom is 0.363 e. The summed E-state index contributed by atoms with van der Waals surface area (Å²) in [4.78, 5) is 15.5. The molecular weight excluding hydrogens is 460 g/mol. The zero-order chi connectivity index (χ0) is 13.3. The van der Waals surface area contributed by atoms with Crippen molar-refractivity contribution >= 4 is 63.1 Å². The summed E-state index contributed by atoms with van der Waals surface area (Å²) < 4.78 is 12.1. The summed E-state index contributed by atoms with van der Waals surface area (Å²) in [7, 11) is 1.64. The Morgan fingerprint density at radius 2 is 1.94 bits per heavy atom. The molecule has 1 aromatic rings. The van der Waals surface area contributed by atoms with Crippen LogP contribution in [0.25, 0.3) is 6.08 Å². The van der Waals surface area contributed by atoms with Crippen molar-refractivity contribution in [2.75, 3.05) is 7.11 Å². The van der Waals surface area contributed by atoms with Gasteiger partial charge in [0.05, 0.1) is 14.3 Å². The van der Waals surface area contributed by atoms with E-state index in [9.17, 15) is 4.79 Å². The van der Waals surface area contributed by atoms with E-state index in [0.717, 1.165) is 18.5 Å². The molecule has 1 aliphatic heterocycles. The monoisotopic (exact) mass is 469 g/mol. The van der Waals surface area contributed by atoms with Gasteiger partial charge in [0.25, 0.3) is 0 Å². The third-order valence-electron chi connectivity index (χ3n) is 2.26. The second-order valence-electron chi connectivity index (χ2n) is 3.57. The topological polar surface area (TPSA) is 47.9 Å². The van der Waals surface area contributed by atoms with Gasteiger partial charge in [-0.15, -0.1) is 0 Å². The summed E-state index contributed by atoms with van der Waals surface area (Å²) in [5, 5.41) is 0. The number of carbonyl (C=O) groups is 1. The number of aliphatic imine (C=N–C) groups is 1. The average Bonchev–Trinajstić information content (AvgIpc) is 2.57. The van der Waals surface area contributed by atoms with Crippen LogP contribution in [0.1, 0.15) is 12.5 Å². The molecule has 18 heavy (non-hydrogen) atoms. The van der Waals surface area contributed by atoms with Crippen molar-refractivity contribution in [3.8, 4) is 5.75 Å². The lowest BCUT2D eigenvalue weighted by Crippen LogP contribution is -2.00. The average molecular weight is 469 g/mol. The molecule has 0 spiro atoms. The molecule has 0 saturated heterocycles. The Labute approximate surface area is 132 Å². The molecule has 1 heterocycles. The van der Waals surface area contributed by atoms with Gasteiger partial charge in [0, 0.05) is 6.92 Å². The summed E-state index contributed by atoms with van der Waals surface area (Å²) >= 11 is 4.39. The zero-order valence-electron chi connectivity index (χ0n) is 9.66. The summed E-state index contributed by atoms with van der Waals surface area (Å²) in [5.74, 6) is 0.810. The van der Waals surface area contributed by atoms with Crippen LogP contribution in [0.3, 0.4) is 0 Å².